The highest BCUT2D eigenvalue weighted by molar-refractivity contribution is 6.09. The van der Waals surface area contributed by atoms with E-state index in [1.807, 2.05) is 0 Å². The van der Waals surface area contributed by atoms with E-state index in [-0.39, 0.29) is 6.07 Å². The molecule has 0 unspecified atom stereocenters. The number of carbonyl (C=O) groups is 1. The number of carbonyl (C=O) groups excluding carboxylic acids is 1. The first-order valence-corrected chi connectivity index (χ1v) is 8.36. The second kappa shape index (κ2) is 6.52. The monoisotopic (exact) mass is 508 g/mol. The Morgan fingerprint density at radius 3 is 1.58 bits per heavy atom. The van der Waals surface area contributed by atoms with Gasteiger partial charge in [-0.2, -0.15) is 43.9 Å². The van der Waals surface area contributed by atoms with Gasteiger partial charge in [0.05, 0.1) is 0 Å². The minimum atomic E-state index is -7.56. The number of fused-ring (bicyclic) bond motifs is 1. The van der Waals surface area contributed by atoms with Gasteiger partial charge >= 0.3 is 35.3 Å². The zero-order chi connectivity index (χ0) is 25.7. The molecule has 3 rings (SSSR count). The van der Waals surface area contributed by atoms with Gasteiger partial charge in [-0.1, -0.05) is 0 Å². The maximum atomic E-state index is 14.9. The number of allylic oxidation sites excluding steroid dienone is 1. The van der Waals surface area contributed by atoms with Gasteiger partial charge in [0, 0.05) is 16.7 Å². The molecule has 0 bridgehead atoms. The van der Waals surface area contributed by atoms with Gasteiger partial charge < -0.3 is 5.11 Å². The zero-order valence-electron chi connectivity index (χ0n) is 15.1. The molecule has 1 fully saturated rings. The van der Waals surface area contributed by atoms with Crippen molar-refractivity contribution in [1.29, 1.82) is 0 Å². The minimum Gasteiger partial charge on any atom is -0.507 e. The normalized spacial score (nSPS) is 26.0. The summed E-state index contributed by atoms with van der Waals surface area (Å²) in [6, 6.07) is -0.116. The van der Waals surface area contributed by atoms with Crippen molar-refractivity contribution < 1.29 is 71.4 Å². The van der Waals surface area contributed by atoms with Crippen molar-refractivity contribution in [3.63, 3.8) is 0 Å². The summed E-state index contributed by atoms with van der Waals surface area (Å²) < 4.78 is 193. The van der Waals surface area contributed by atoms with Crippen molar-refractivity contribution >= 4 is 11.5 Å². The third-order valence-electron chi connectivity index (χ3n) is 5.46. The fourth-order valence-corrected chi connectivity index (χ4v) is 3.55. The van der Waals surface area contributed by atoms with Crippen LogP contribution in [-0.4, -0.2) is 46.2 Å². The van der Waals surface area contributed by atoms with Gasteiger partial charge in [0.15, 0.2) is 17.5 Å². The molecular weight excluding hydrogens is 502 g/mol. The van der Waals surface area contributed by atoms with Crippen LogP contribution < -0.4 is 0 Å². The highest BCUT2D eigenvalue weighted by Gasteiger charge is 3.02. The Morgan fingerprint density at radius 2 is 1.12 bits per heavy atom. The molecule has 0 radical (unpaired) electrons. The number of aliphatic hydroxyl groups excluding tert-OH is 1. The average molecular weight is 508 g/mol. The van der Waals surface area contributed by atoms with Crippen molar-refractivity contribution in [2.75, 3.05) is 0 Å². The Balaban J connectivity index is 2.31. The lowest BCUT2D eigenvalue weighted by molar-refractivity contribution is -0.475. The number of aliphatic hydroxyl groups is 1. The van der Waals surface area contributed by atoms with E-state index < -0.39 is 93.8 Å². The largest absolute Gasteiger partial charge is 0.507 e. The molecule has 0 aromatic heterocycles. The lowest BCUT2D eigenvalue weighted by atomic mass is 9.68. The van der Waals surface area contributed by atoms with Crippen LogP contribution in [-0.2, 0) is 11.2 Å². The van der Waals surface area contributed by atoms with Crippen LogP contribution in [0.3, 0.4) is 0 Å². The summed E-state index contributed by atoms with van der Waals surface area (Å²) in [5, 5.41) is 9.90. The third kappa shape index (κ3) is 2.49. The van der Waals surface area contributed by atoms with Gasteiger partial charge in [-0.25, -0.2) is 17.6 Å². The van der Waals surface area contributed by atoms with E-state index in [2.05, 4.69) is 0 Å². The van der Waals surface area contributed by atoms with E-state index in [9.17, 15) is 71.4 Å². The number of rotatable bonds is 2. The molecule has 0 heterocycles. The molecule has 33 heavy (non-hydrogen) atoms. The Hall–Kier alpha value is -2.55. The summed E-state index contributed by atoms with van der Waals surface area (Å²) in [6.45, 7) is 0. The number of benzene rings is 1. The van der Waals surface area contributed by atoms with E-state index in [0.717, 1.165) is 0 Å². The third-order valence-corrected chi connectivity index (χ3v) is 5.46. The Morgan fingerprint density at radius 1 is 0.697 bits per heavy atom. The molecular formula is C17H6F14O2. The smallest absolute Gasteiger partial charge is 0.384 e. The molecule has 0 atom stereocenters. The highest BCUT2D eigenvalue weighted by Crippen LogP contribution is 2.70. The van der Waals surface area contributed by atoms with E-state index in [0.29, 0.717) is 0 Å². The average Bonchev–Trinajstić information content (AvgIpc) is 2.70. The molecule has 0 saturated heterocycles. The number of hydrogen-bond acceptors (Lipinski definition) is 2. The SMILES string of the molecule is O=C(C1=C(O)c2cc(F)c(F)c(F)c2CC1)C1(F)C(F)(F)C(F)(F)C(F)(F)C(F)(F)C1(F)F. The summed E-state index contributed by atoms with van der Waals surface area (Å²) in [5.41, 5.74) is -11.4. The van der Waals surface area contributed by atoms with E-state index >= 15 is 0 Å². The Kier molecular flexibility index (Phi) is 4.96. The minimum absolute atomic E-state index is 0.116. The second-order valence-electron chi connectivity index (χ2n) is 7.20. The van der Waals surface area contributed by atoms with Crippen molar-refractivity contribution in [3.8, 4) is 0 Å². The van der Waals surface area contributed by atoms with Gasteiger partial charge in [0.25, 0.3) is 0 Å². The number of Topliss-reactive ketones (excluding diaryl/α,β-unsaturated/α-hetero) is 1. The number of ketones is 1. The van der Waals surface area contributed by atoms with E-state index in [1.54, 1.807) is 0 Å². The molecule has 1 aromatic rings. The number of hydrogen-bond donors (Lipinski definition) is 1. The van der Waals surface area contributed by atoms with Gasteiger partial charge in [0.2, 0.25) is 5.78 Å². The number of alkyl halides is 11. The first-order chi connectivity index (χ1) is 14.6. The van der Waals surface area contributed by atoms with Crippen LogP contribution >= 0.6 is 0 Å². The molecule has 0 aliphatic heterocycles. The maximum absolute atomic E-state index is 14.9. The molecule has 0 spiro atoms. The van der Waals surface area contributed by atoms with Gasteiger partial charge in [0.1, 0.15) is 5.76 Å². The molecule has 1 aromatic carbocycles. The van der Waals surface area contributed by atoms with Gasteiger partial charge in [-0.3, -0.25) is 4.79 Å². The lowest BCUT2D eigenvalue weighted by Crippen LogP contribution is -2.85. The highest BCUT2D eigenvalue weighted by atomic mass is 19.4. The summed E-state index contributed by atoms with van der Waals surface area (Å²) in [5.74, 6) is -49.6. The lowest BCUT2D eigenvalue weighted by Gasteiger charge is -2.51. The van der Waals surface area contributed by atoms with Crippen molar-refractivity contribution in [3.05, 3.63) is 40.2 Å². The van der Waals surface area contributed by atoms with Crippen LogP contribution in [0.15, 0.2) is 11.6 Å². The summed E-state index contributed by atoms with van der Waals surface area (Å²) in [6.07, 6.45) is -2.66. The molecule has 2 aliphatic rings. The van der Waals surface area contributed by atoms with Gasteiger partial charge in [-0.05, 0) is 18.9 Å². The topological polar surface area (TPSA) is 37.3 Å². The fourth-order valence-electron chi connectivity index (χ4n) is 3.55. The van der Waals surface area contributed by atoms with Gasteiger partial charge in [-0.15, -0.1) is 0 Å². The standard InChI is InChI=1S/C17H6F14O2/c18-7-3-6-4(8(19)9(7)20)1-2-5(10(6)32)11(33)12(21)13(22,23)15(26,27)17(30,31)16(28,29)14(12,24)25/h3,32H,1-2H2. The molecule has 2 aliphatic carbocycles. The summed E-state index contributed by atoms with van der Waals surface area (Å²) in [7, 11) is 0. The summed E-state index contributed by atoms with van der Waals surface area (Å²) >= 11 is 0. The predicted molar refractivity (Wildman–Crippen MR) is 77.8 cm³/mol. The Bertz CT molecular complexity index is 1060. The molecule has 1 saturated carbocycles. The first kappa shape index (κ1) is 25.1. The van der Waals surface area contributed by atoms with Crippen LogP contribution in [0.5, 0.6) is 0 Å². The van der Waals surface area contributed by atoms with Crippen LogP contribution in [0.4, 0.5) is 61.5 Å². The number of halogens is 14. The van der Waals surface area contributed by atoms with E-state index in [4.69, 9.17) is 0 Å². The Labute approximate surface area is 172 Å². The zero-order valence-corrected chi connectivity index (χ0v) is 15.1. The van der Waals surface area contributed by atoms with Crippen molar-refractivity contribution in [2.45, 2.75) is 48.1 Å². The molecule has 0 amide bonds. The van der Waals surface area contributed by atoms with Crippen molar-refractivity contribution in [1.82, 2.24) is 0 Å². The molecule has 1 N–H and O–H groups in total. The van der Waals surface area contributed by atoms with Crippen molar-refractivity contribution in [2.24, 2.45) is 0 Å². The fraction of sp³-hybridized carbons (Fsp3) is 0.471. The van der Waals surface area contributed by atoms with Crippen LogP contribution in [0, 0.1) is 17.5 Å². The van der Waals surface area contributed by atoms with Crippen LogP contribution in [0.2, 0.25) is 0 Å². The van der Waals surface area contributed by atoms with E-state index in [1.165, 1.54) is 0 Å². The predicted octanol–water partition coefficient (Wildman–Crippen LogP) is 5.79. The van der Waals surface area contributed by atoms with Crippen LogP contribution in [0.25, 0.3) is 5.76 Å². The molecule has 2 nitrogen and oxygen atoms in total. The first-order valence-electron chi connectivity index (χ1n) is 8.36. The summed E-state index contributed by atoms with van der Waals surface area (Å²) in [4.78, 5) is 12.2. The molecule has 184 valence electrons. The quantitative estimate of drug-likeness (QED) is 0.406. The second-order valence-corrected chi connectivity index (χ2v) is 7.20. The maximum Gasteiger partial charge on any atom is 0.384 e. The van der Waals surface area contributed by atoms with Crippen LogP contribution in [0.1, 0.15) is 17.5 Å². The molecule has 16 heteroatoms.